The predicted molar refractivity (Wildman–Crippen MR) is 160 cm³/mol. The molecule has 0 spiro atoms. The number of nitrogens with one attached hydrogen (secondary N) is 1. The van der Waals surface area contributed by atoms with E-state index >= 15 is 0 Å². The lowest BCUT2D eigenvalue weighted by molar-refractivity contribution is -0.147. The summed E-state index contributed by atoms with van der Waals surface area (Å²) in [6.07, 6.45) is 2.00. The van der Waals surface area contributed by atoms with Gasteiger partial charge in [-0.25, -0.2) is 19.0 Å². The number of thiazole rings is 1. The molecule has 1 aromatic carbocycles. The Labute approximate surface area is 258 Å². The summed E-state index contributed by atoms with van der Waals surface area (Å²) in [5.74, 6) is -1.66. The minimum absolute atomic E-state index is 0.0907. The Balaban J connectivity index is 1.42. The number of carboxylic acids is 1. The summed E-state index contributed by atoms with van der Waals surface area (Å²) >= 11 is 7.78. The van der Waals surface area contributed by atoms with E-state index in [9.17, 15) is 23.9 Å². The molecular formula is C29H34ClFN6O5S. The topological polar surface area (TPSA) is 128 Å². The Kier molecular flexibility index (Phi) is 9.04. The molecule has 43 heavy (non-hydrogen) atoms. The van der Waals surface area contributed by atoms with Gasteiger partial charge in [0.05, 0.1) is 28.7 Å². The highest BCUT2D eigenvalue weighted by atomic mass is 35.5. The maximum Gasteiger partial charge on any atom is 0.338 e. The molecule has 2 fully saturated rings. The first-order chi connectivity index (χ1) is 20.5. The van der Waals surface area contributed by atoms with Crippen LogP contribution in [-0.2, 0) is 14.3 Å². The molecule has 2 amide bonds. The van der Waals surface area contributed by atoms with Gasteiger partial charge in [-0.3, -0.25) is 14.7 Å². The number of esters is 1. The van der Waals surface area contributed by atoms with Gasteiger partial charge in [0.15, 0.2) is 10.8 Å². The second-order valence-corrected chi connectivity index (χ2v) is 12.6. The fourth-order valence-corrected chi connectivity index (χ4v) is 6.31. The standard InChI is InChI=1S/C29H34ClFN6O5S/c1-4-42-26(38)21-20(33-24(25-32-9-13-43-25)34-23(21)18-6-5-7-19(31)22(18)30)16-35-11-12-37-17(14-35)15-36(28(37)41)10-8-29(2,3)27(39)40/h5-7,9,13,17,23H,4,8,10-12,14-16H2,1-3H3,(H,33,34)(H,39,40). The monoisotopic (exact) mass is 632 g/mol. The third-order valence-electron chi connectivity index (χ3n) is 8.01. The normalized spacial score (nSPS) is 21.0. The molecule has 2 unspecified atom stereocenters. The smallest absolute Gasteiger partial charge is 0.338 e. The van der Waals surface area contributed by atoms with Crippen LogP contribution in [0.1, 0.15) is 43.8 Å². The maximum absolute atomic E-state index is 14.6. The van der Waals surface area contributed by atoms with E-state index in [-0.39, 0.29) is 29.3 Å². The van der Waals surface area contributed by atoms with Gasteiger partial charge >= 0.3 is 18.0 Å². The molecule has 11 nitrogen and oxygen atoms in total. The van der Waals surface area contributed by atoms with Crippen molar-refractivity contribution in [2.45, 2.75) is 39.3 Å². The van der Waals surface area contributed by atoms with Gasteiger partial charge in [-0.15, -0.1) is 11.3 Å². The lowest BCUT2D eigenvalue weighted by Crippen LogP contribution is -2.53. The molecule has 3 aliphatic rings. The van der Waals surface area contributed by atoms with Gasteiger partial charge in [0, 0.05) is 62.1 Å². The third-order valence-corrected chi connectivity index (χ3v) is 9.19. The summed E-state index contributed by atoms with van der Waals surface area (Å²) in [6.45, 7) is 7.89. The van der Waals surface area contributed by atoms with Crippen LogP contribution in [0.3, 0.4) is 0 Å². The summed E-state index contributed by atoms with van der Waals surface area (Å²) in [6, 6.07) is 3.31. The van der Waals surface area contributed by atoms with Gasteiger partial charge in [-0.05, 0) is 33.3 Å². The number of amides is 2. The van der Waals surface area contributed by atoms with Gasteiger partial charge < -0.3 is 25.0 Å². The van der Waals surface area contributed by atoms with Crippen molar-refractivity contribution in [1.29, 1.82) is 0 Å². The molecule has 2 N–H and O–H groups in total. The molecule has 4 heterocycles. The highest BCUT2D eigenvalue weighted by Crippen LogP contribution is 2.38. The number of aromatic nitrogens is 1. The average Bonchev–Trinajstić information content (AvgIpc) is 3.61. The number of piperazine rings is 1. The molecule has 230 valence electrons. The first-order valence-corrected chi connectivity index (χ1v) is 15.4. The molecule has 2 saturated heterocycles. The Morgan fingerprint density at radius 2 is 2.07 bits per heavy atom. The number of carbonyl (C=O) groups is 3. The second kappa shape index (κ2) is 12.6. The van der Waals surface area contributed by atoms with Crippen LogP contribution in [0.2, 0.25) is 5.02 Å². The molecule has 1 aromatic heterocycles. The molecule has 0 radical (unpaired) electrons. The number of hydrogen-bond donors (Lipinski definition) is 2. The zero-order chi connectivity index (χ0) is 30.9. The van der Waals surface area contributed by atoms with Crippen molar-refractivity contribution < 1.29 is 28.6 Å². The molecule has 3 aliphatic heterocycles. The van der Waals surface area contributed by atoms with Gasteiger partial charge in [-0.2, -0.15) is 0 Å². The molecule has 2 aromatic rings. The van der Waals surface area contributed by atoms with Crippen LogP contribution in [0.4, 0.5) is 9.18 Å². The Morgan fingerprint density at radius 1 is 1.28 bits per heavy atom. The zero-order valence-corrected chi connectivity index (χ0v) is 25.8. The number of rotatable bonds is 10. The Morgan fingerprint density at radius 3 is 2.77 bits per heavy atom. The number of aliphatic imine (C=N–C) groups is 1. The number of carbonyl (C=O) groups excluding carboxylic acids is 2. The molecule has 0 saturated carbocycles. The highest BCUT2D eigenvalue weighted by Gasteiger charge is 2.42. The fraction of sp³-hybridized carbons (Fsp3) is 0.483. The number of hydrogen-bond acceptors (Lipinski definition) is 9. The quantitative estimate of drug-likeness (QED) is 0.379. The van der Waals surface area contributed by atoms with Crippen LogP contribution < -0.4 is 5.32 Å². The van der Waals surface area contributed by atoms with E-state index in [2.05, 4.69) is 15.2 Å². The van der Waals surface area contributed by atoms with Crippen LogP contribution >= 0.6 is 22.9 Å². The van der Waals surface area contributed by atoms with E-state index in [1.54, 1.807) is 37.9 Å². The van der Waals surface area contributed by atoms with Crippen molar-refractivity contribution in [3.63, 3.8) is 0 Å². The van der Waals surface area contributed by atoms with E-state index in [1.165, 1.54) is 23.5 Å². The van der Waals surface area contributed by atoms with Crippen LogP contribution in [0.5, 0.6) is 0 Å². The summed E-state index contributed by atoms with van der Waals surface area (Å²) < 4.78 is 20.0. The van der Waals surface area contributed by atoms with Gasteiger partial charge in [0.1, 0.15) is 11.9 Å². The van der Waals surface area contributed by atoms with E-state index in [1.807, 2.05) is 10.3 Å². The number of ether oxygens (including phenoxy) is 1. The lowest BCUT2D eigenvalue weighted by atomic mass is 9.89. The highest BCUT2D eigenvalue weighted by molar-refractivity contribution is 7.11. The fourth-order valence-electron chi connectivity index (χ4n) is 5.49. The van der Waals surface area contributed by atoms with Crippen LogP contribution in [0, 0.1) is 11.2 Å². The van der Waals surface area contributed by atoms with E-state index in [0.717, 1.165) is 0 Å². The molecule has 14 heteroatoms. The number of fused-ring (bicyclic) bond motifs is 1. The van der Waals surface area contributed by atoms with Gasteiger partial charge in [0.2, 0.25) is 0 Å². The number of aliphatic carboxylic acids is 1. The molecule has 0 aliphatic carbocycles. The summed E-state index contributed by atoms with van der Waals surface area (Å²) in [4.78, 5) is 52.9. The maximum atomic E-state index is 14.6. The number of carboxylic acid groups (broad SMARTS) is 1. The van der Waals surface area contributed by atoms with Crippen molar-refractivity contribution in [3.05, 3.63) is 62.5 Å². The Bertz CT molecular complexity index is 1470. The number of halogens is 2. The third kappa shape index (κ3) is 6.38. The molecule has 5 rings (SSSR count). The van der Waals surface area contributed by atoms with E-state index < -0.39 is 29.2 Å². The predicted octanol–water partition coefficient (Wildman–Crippen LogP) is 3.77. The Hall–Kier alpha value is -3.55. The van der Waals surface area contributed by atoms with Crippen LogP contribution in [0.15, 0.2) is 46.0 Å². The zero-order valence-electron chi connectivity index (χ0n) is 24.2. The first kappa shape index (κ1) is 30.9. The van der Waals surface area contributed by atoms with E-state index in [4.69, 9.17) is 21.3 Å². The van der Waals surface area contributed by atoms with Crippen LogP contribution in [0.25, 0.3) is 0 Å². The number of amidine groups is 1. The van der Waals surface area contributed by atoms with Gasteiger partial charge in [-0.1, -0.05) is 23.7 Å². The molecule has 2 atom stereocenters. The summed E-state index contributed by atoms with van der Waals surface area (Å²) in [5.41, 5.74) is 0.179. The second-order valence-electron chi connectivity index (χ2n) is 11.3. The number of urea groups is 1. The van der Waals surface area contributed by atoms with Crippen molar-refractivity contribution in [3.8, 4) is 0 Å². The summed E-state index contributed by atoms with van der Waals surface area (Å²) in [5, 5.41) is 15.1. The first-order valence-electron chi connectivity index (χ1n) is 14.1. The minimum Gasteiger partial charge on any atom is -0.481 e. The molecular weight excluding hydrogens is 599 g/mol. The van der Waals surface area contributed by atoms with Crippen LogP contribution in [-0.4, -0.2) is 101 Å². The largest absolute Gasteiger partial charge is 0.481 e. The lowest BCUT2D eigenvalue weighted by Gasteiger charge is -2.38. The average molecular weight is 633 g/mol. The number of benzene rings is 1. The van der Waals surface area contributed by atoms with Crippen molar-refractivity contribution in [1.82, 2.24) is 25.0 Å². The minimum atomic E-state index is -0.935. The SMILES string of the molecule is CCOC(=O)C1=C(CN2CCN3C(=O)N(CCC(C)(C)C(=O)O)CC3C2)NC(c2nccs2)=NC1c1cccc(F)c1Cl. The van der Waals surface area contributed by atoms with Crippen molar-refractivity contribution in [2.24, 2.45) is 10.4 Å². The summed E-state index contributed by atoms with van der Waals surface area (Å²) in [7, 11) is 0. The number of nitrogens with zero attached hydrogens (tertiary/aromatic N) is 5. The van der Waals surface area contributed by atoms with Gasteiger partial charge in [0.25, 0.3) is 0 Å². The van der Waals surface area contributed by atoms with E-state index in [0.29, 0.717) is 67.8 Å². The van der Waals surface area contributed by atoms with Crippen molar-refractivity contribution in [2.75, 3.05) is 45.9 Å². The molecule has 0 bridgehead atoms. The van der Waals surface area contributed by atoms with Crippen molar-refractivity contribution >= 4 is 46.7 Å².